The number of benzene rings is 1. The van der Waals surface area contributed by atoms with E-state index in [0.717, 1.165) is 23.3 Å². The van der Waals surface area contributed by atoms with Crippen molar-refractivity contribution in [1.82, 2.24) is 4.72 Å². The fourth-order valence-electron chi connectivity index (χ4n) is 1.81. The van der Waals surface area contributed by atoms with Gasteiger partial charge in [-0.15, -0.1) is 0 Å². The van der Waals surface area contributed by atoms with Gasteiger partial charge < -0.3 is 5.73 Å². The lowest BCUT2D eigenvalue weighted by atomic mass is 10.1. The Morgan fingerprint density at radius 1 is 1.37 bits per heavy atom. The van der Waals surface area contributed by atoms with Crippen LogP contribution in [0.15, 0.2) is 17.0 Å². The molecule has 0 fully saturated rings. The first-order valence-corrected chi connectivity index (χ1v) is 9.03. The first-order chi connectivity index (χ1) is 8.77. The number of hydrogen-bond acceptors (Lipinski definition) is 4. The minimum Gasteiger partial charge on any atom is -0.399 e. The topological polar surface area (TPSA) is 72.2 Å². The zero-order valence-electron chi connectivity index (χ0n) is 11.9. The average molecular weight is 302 g/mol. The number of nitrogen functional groups attached to an aromatic ring is 1. The molecule has 0 saturated heterocycles. The van der Waals surface area contributed by atoms with Crippen LogP contribution in [0.2, 0.25) is 0 Å². The zero-order chi connectivity index (χ0) is 14.6. The summed E-state index contributed by atoms with van der Waals surface area (Å²) >= 11 is 1.70. The molecule has 0 aliphatic rings. The molecule has 4 nitrogen and oxygen atoms in total. The molecule has 0 heterocycles. The van der Waals surface area contributed by atoms with Gasteiger partial charge >= 0.3 is 0 Å². The standard InChI is InChI=1S/C13H22N2O2S2/c1-9-7-12(14)8-13(11(9)3)19(16,17)15-10(2)5-6-18-4/h7-8,10,15H,5-6,14H2,1-4H3. The molecule has 1 atom stereocenters. The van der Waals surface area contributed by atoms with Crippen LogP contribution >= 0.6 is 11.8 Å². The summed E-state index contributed by atoms with van der Waals surface area (Å²) in [4.78, 5) is 0.279. The number of sulfonamides is 1. The van der Waals surface area contributed by atoms with Crippen molar-refractivity contribution >= 4 is 27.5 Å². The summed E-state index contributed by atoms with van der Waals surface area (Å²) in [6.07, 6.45) is 2.81. The van der Waals surface area contributed by atoms with Gasteiger partial charge in [0.2, 0.25) is 10.0 Å². The third-order valence-corrected chi connectivity index (χ3v) is 5.40. The largest absolute Gasteiger partial charge is 0.399 e. The second-order valence-electron chi connectivity index (χ2n) is 4.76. The minimum absolute atomic E-state index is 0.0846. The normalized spacial score (nSPS) is 13.5. The van der Waals surface area contributed by atoms with E-state index in [4.69, 9.17) is 5.73 Å². The highest BCUT2D eigenvalue weighted by molar-refractivity contribution is 7.98. The summed E-state index contributed by atoms with van der Waals surface area (Å²) < 4.78 is 27.4. The fourth-order valence-corrected chi connectivity index (χ4v) is 4.03. The Morgan fingerprint density at radius 2 is 2.00 bits per heavy atom. The maximum absolute atomic E-state index is 12.4. The highest BCUT2D eigenvalue weighted by Gasteiger charge is 2.20. The molecular weight excluding hydrogens is 280 g/mol. The average Bonchev–Trinajstić information content (AvgIpc) is 2.30. The molecular formula is C13H22N2O2S2. The summed E-state index contributed by atoms with van der Waals surface area (Å²) in [5.74, 6) is 0.929. The van der Waals surface area contributed by atoms with Crippen molar-refractivity contribution in [3.63, 3.8) is 0 Å². The van der Waals surface area contributed by atoms with Gasteiger partial charge in [-0.1, -0.05) is 0 Å². The predicted octanol–water partition coefficient (Wildman–Crippen LogP) is 2.31. The molecule has 6 heteroatoms. The highest BCUT2D eigenvalue weighted by Crippen LogP contribution is 2.22. The maximum Gasteiger partial charge on any atom is 0.241 e. The number of aryl methyl sites for hydroxylation is 1. The second kappa shape index (κ2) is 6.63. The van der Waals surface area contributed by atoms with Gasteiger partial charge in [-0.3, -0.25) is 0 Å². The summed E-state index contributed by atoms with van der Waals surface area (Å²) in [5.41, 5.74) is 7.85. The third kappa shape index (κ3) is 4.40. The van der Waals surface area contributed by atoms with Crippen LogP contribution in [0, 0.1) is 13.8 Å². The van der Waals surface area contributed by atoms with E-state index in [9.17, 15) is 8.42 Å². The molecule has 0 aliphatic carbocycles. The molecule has 0 aromatic heterocycles. The van der Waals surface area contributed by atoms with Crippen molar-refractivity contribution in [2.75, 3.05) is 17.7 Å². The smallest absolute Gasteiger partial charge is 0.241 e. The van der Waals surface area contributed by atoms with Crippen molar-refractivity contribution in [2.45, 2.75) is 38.1 Å². The van der Waals surface area contributed by atoms with E-state index in [-0.39, 0.29) is 10.9 Å². The van der Waals surface area contributed by atoms with E-state index in [1.54, 1.807) is 24.8 Å². The van der Waals surface area contributed by atoms with Crippen molar-refractivity contribution in [2.24, 2.45) is 0 Å². The van der Waals surface area contributed by atoms with Crippen LogP contribution in [-0.2, 0) is 10.0 Å². The molecule has 0 spiro atoms. The van der Waals surface area contributed by atoms with Gasteiger partial charge in [0.05, 0.1) is 4.90 Å². The molecule has 19 heavy (non-hydrogen) atoms. The van der Waals surface area contributed by atoms with Crippen LogP contribution in [-0.4, -0.2) is 26.5 Å². The van der Waals surface area contributed by atoms with Gasteiger partial charge in [0, 0.05) is 11.7 Å². The van der Waals surface area contributed by atoms with E-state index in [1.165, 1.54) is 6.07 Å². The lowest BCUT2D eigenvalue weighted by molar-refractivity contribution is 0.556. The Bertz CT molecular complexity index is 542. The number of rotatable bonds is 6. The van der Waals surface area contributed by atoms with Crippen molar-refractivity contribution < 1.29 is 8.42 Å². The summed E-state index contributed by atoms with van der Waals surface area (Å²) in [7, 11) is -3.50. The fraction of sp³-hybridized carbons (Fsp3) is 0.538. The van der Waals surface area contributed by atoms with E-state index < -0.39 is 10.0 Å². The number of anilines is 1. The van der Waals surface area contributed by atoms with Gasteiger partial charge in [0.15, 0.2) is 0 Å². The first-order valence-electron chi connectivity index (χ1n) is 6.16. The number of hydrogen-bond donors (Lipinski definition) is 2. The number of thioether (sulfide) groups is 1. The molecule has 1 rings (SSSR count). The molecule has 108 valence electrons. The van der Waals surface area contributed by atoms with Crippen LogP contribution < -0.4 is 10.5 Å². The molecule has 1 unspecified atom stereocenters. The Kier molecular flexibility index (Phi) is 5.70. The van der Waals surface area contributed by atoms with Crippen molar-refractivity contribution in [1.29, 1.82) is 0 Å². The Labute approximate surface area is 120 Å². The van der Waals surface area contributed by atoms with Gasteiger partial charge in [-0.05, 0) is 62.5 Å². The third-order valence-electron chi connectivity index (χ3n) is 3.04. The second-order valence-corrected chi connectivity index (χ2v) is 7.43. The molecule has 0 amide bonds. The van der Waals surface area contributed by atoms with Crippen molar-refractivity contribution in [3.05, 3.63) is 23.3 Å². The van der Waals surface area contributed by atoms with Crippen LogP contribution in [0.5, 0.6) is 0 Å². The van der Waals surface area contributed by atoms with Crippen LogP contribution in [0.25, 0.3) is 0 Å². The quantitative estimate of drug-likeness (QED) is 0.791. The molecule has 0 aliphatic heterocycles. The van der Waals surface area contributed by atoms with Gasteiger partial charge in [-0.2, -0.15) is 11.8 Å². The Hall–Kier alpha value is -0.720. The molecule has 1 aromatic carbocycles. The van der Waals surface area contributed by atoms with Crippen LogP contribution in [0.4, 0.5) is 5.69 Å². The molecule has 0 bridgehead atoms. The summed E-state index contributed by atoms with van der Waals surface area (Å²) in [6, 6.07) is 3.22. The van der Waals surface area contributed by atoms with E-state index in [2.05, 4.69) is 4.72 Å². The van der Waals surface area contributed by atoms with Crippen LogP contribution in [0.3, 0.4) is 0 Å². The van der Waals surface area contributed by atoms with E-state index >= 15 is 0 Å². The summed E-state index contributed by atoms with van der Waals surface area (Å²) in [6.45, 7) is 5.54. The maximum atomic E-state index is 12.4. The van der Waals surface area contributed by atoms with Gasteiger partial charge in [-0.25, -0.2) is 13.1 Å². The van der Waals surface area contributed by atoms with E-state index in [1.807, 2.05) is 20.1 Å². The first kappa shape index (κ1) is 16.3. The lowest BCUT2D eigenvalue weighted by Crippen LogP contribution is -2.33. The number of nitrogens with one attached hydrogen (secondary N) is 1. The zero-order valence-corrected chi connectivity index (χ0v) is 13.5. The van der Waals surface area contributed by atoms with Crippen molar-refractivity contribution in [3.8, 4) is 0 Å². The Balaban J connectivity index is 3.01. The number of nitrogens with two attached hydrogens (primary N) is 1. The SMILES string of the molecule is CSCCC(C)NS(=O)(=O)c1cc(N)cc(C)c1C. The highest BCUT2D eigenvalue weighted by atomic mass is 32.2. The van der Waals surface area contributed by atoms with Gasteiger partial charge in [0.25, 0.3) is 0 Å². The molecule has 3 N–H and O–H groups in total. The lowest BCUT2D eigenvalue weighted by Gasteiger charge is -2.16. The summed E-state index contributed by atoms with van der Waals surface area (Å²) in [5, 5.41) is 0. The Morgan fingerprint density at radius 3 is 2.58 bits per heavy atom. The van der Waals surface area contributed by atoms with Crippen LogP contribution in [0.1, 0.15) is 24.5 Å². The minimum atomic E-state index is -3.50. The predicted molar refractivity (Wildman–Crippen MR) is 83.1 cm³/mol. The monoisotopic (exact) mass is 302 g/mol. The molecule has 0 radical (unpaired) electrons. The van der Waals surface area contributed by atoms with E-state index in [0.29, 0.717) is 5.69 Å². The molecule has 1 aromatic rings. The van der Waals surface area contributed by atoms with Gasteiger partial charge in [0.1, 0.15) is 0 Å². The molecule has 0 saturated carbocycles.